The molecule has 0 saturated heterocycles. The average Bonchev–Trinajstić information content (AvgIpc) is 2.87. The largest absolute Gasteiger partial charge is 0.493 e. The molecular weight excluding hydrogens is 288 g/mol. The van der Waals surface area contributed by atoms with E-state index in [0.29, 0.717) is 12.5 Å². The first-order valence-electron chi connectivity index (χ1n) is 7.72. The molecule has 0 bridgehead atoms. The third-order valence-corrected chi connectivity index (χ3v) is 3.35. The van der Waals surface area contributed by atoms with Gasteiger partial charge in [0.25, 0.3) is 0 Å². The number of ether oxygens (including phenoxy) is 1. The van der Waals surface area contributed by atoms with E-state index in [1.54, 1.807) is 0 Å². The van der Waals surface area contributed by atoms with Gasteiger partial charge in [0.1, 0.15) is 11.4 Å². The van der Waals surface area contributed by atoms with Crippen molar-refractivity contribution in [2.75, 3.05) is 6.61 Å². The zero-order chi connectivity index (χ0) is 16.2. The van der Waals surface area contributed by atoms with Crippen LogP contribution in [0.1, 0.15) is 19.5 Å². The molecule has 5 nitrogen and oxygen atoms in total. The Labute approximate surface area is 135 Å². The molecule has 3 aromatic rings. The van der Waals surface area contributed by atoms with E-state index in [2.05, 4.69) is 29.1 Å². The summed E-state index contributed by atoms with van der Waals surface area (Å²) >= 11 is 0. The van der Waals surface area contributed by atoms with Gasteiger partial charge < -0.3 is 4.74 Å². The molecule has 2 aromatic heterocycles. The van der Waals surface area contributed by atoms with Crippen LogP contribution in [-0.4, -0.2) is 16.0 Å². The number of nitrogens with zero attached hydrogens (tertiary/aromatic N) is 4. The number of pyridine rings is 1. The van der Waals surface area contributed by atoms with Crippen LogP contribution in [-0.2, 0) is 0 Å². The van der Waals surface area contributed by atoms with Crippen molar-refractivity contribution in [1.29, 1.82) is 0 Å². The van der Waals surface area contributed by atoms with Crippen molar-refractivity contribution in [2.45, 2.75) is 20.8 Å². The average molecular weight is 308 g/mol. The van der Waals surface area contributed by atoms with E-state index in [1.165, 1.54) is 0 Å². The molecule has 0 N–H and O–H groups in total. The molecule has 0 saturated carbocycles. The summed E-state index contributed by atoms with van der Waals surface area (Å²) in [5, 5.41) is 8.66. The third kappa shape index (κ3) is 3.56. The Balaban J connectivity index is 1.78. The fraction of sp³-hybridized carbons (Fsp3) is 0.278. The normalized spacial score (nSPS) is 11.7. The Morgan fingerprint density at radius 1 is 1.09 bits per heavy atom. The van der Waals surface area contributed by atoms with E-state index in [0.717, 1.165) is 28.6 Å². The molecular formula is C18H20N4O. The maximum atomic E-state index is 5.66. The minimum atomic E-state index is 0.507. The molecule has 0 atom stereocenters. The second kappa shape index (κ2) is 6.60. The lowest BCUT2D eigenvalue weighted by atomic mass is 10.2. The van der Waals surface area contributed by atoms with Crippen LogP contribution < -0.4 is 4.74 Å². The van der Waals surface area contributed by atoms with Crippen LogP contribution in [0.25, 0.3) is 5.65 Å². The maximum absolute atomic E-state index is 5.66. The van der Waals surface area contributed by atoms with Gasteiger partial charge in [-0.2, -0.15) is 0 Å². The number of hydrogen-bond donors (Lipinski definition) is 0. The quantitative estimate of drug-likeness (QED) is 0.616. The van der Waals surface area contributed by atoms with Gasteiger partial charge in [-0.1, -0.05) is 19.9 Å². The smallest absolute Gasteiger partial charge is 0.182 e. The summed E-state index contributed by atoms with van der Waals surface area (Å²) in [5.41, 5.74) is 2.51. The summed E-state index contributed by atoms with van der Waals surface area (Å²) in [6, 6.07) is 13.5. The van der Waals surface area contributed by atoms with Crippen LogP contribution >= 0.6 is 0 Å². The number of aryl methyl sites for hydroxylation is 1. The molecule has 0 aliphatic carbocycles. The highest BCUT2D eigenvalue weighted by molar-refractivity contribution is 5.51. The standard InChI is InChI=1S/C18H20N4O/c1-13(2)12-23-16-9-7-15(8-10-16)20-21-18-14(3)19-17-6-4-5-11-22(17)18/h4-11,13H,12H2,1-3H3. The molecule has 3 rings (SSSR count). The predicted molar refractivity (Wildman–Crippen MR) is 90.9 cm³/mol. The molecule has 0 aliphatic rings. The first kappa shape index (κ1) is 15.2. The molecule has 0 fully saturated rings. The zero-order valence-corrected chi connectivity index (χ0v) is 13.6. The number of imidazole rings is 1. The van der Waals surface area contributed by atoms with E-state index in [9.17, 15) is 0 Å². The lowest BCUT2D eigenvalue weighted by molar-refractivity contribution is 0.271. The Morgan fingerprint density at radius 3 is 2.61 bits per heavy atom. The van der Waals surface area contributed by atoms with Crippen LogP contribution in [0.5, 0.6) is 5.75 Å². The van der Waals surface area contributed by atoms with Gasteiger partial charge in [0.15, 0.2) is 5.82 Å². The topological polar surface area (TPSA) is 51.2 Å². The van der Waals surface area contributed by atoms with Crippen LogP contribution in [0, 0.1) is 12.8 Å². The van der Waals surface area contributed by atoms with Gasteiger partial charge >= 0.3 is 0 Å². The van der Waals surface area contributed by atoms with E-state index < -0.39 is 0 Å². The van der Waals surface area contributed by atoms with Gasteiger partial charge in [-0.3, -0.25) is 4.40 Å². The predicted octanol–water partition coefficient (Wildman–Crippen LogP) is 5.09. The van der Waals surface area contributed by atoms with Crippen molar-refractivity contribution in [1.82, 2.24) is 9.38 Å². The molecule has 0 amide bonds. The molecule has 2 heterocycles. The SMILES string of the molecule is Cc1nc2ccccn2c1N=Nc1ccc(OCC(C)C)cc1. The van der Waals surface area contributed by atoms with E-state index in [-0.39, 0.29) is 0 Å². The fourth-order valence-electron chi connectivity index (χ4n) is 2.20. The summed E-state index contributed by atoms with van der Waals surface area (Å²) in [4.78, 5) is 4.47. The number of fused-ring (bicyclic) bond motifs is 1. The van der Waals surface area contributed by atoms with Gasteiger partial charge in [-0.15, -0.1) is 10.2 Å². The van der Waals surface area contributed by atoms with E-state index >= 15 is 0 Å². The summed E-state index contributed by atoms with van der Waals surface area (Å²) in [5.74, 6) is 2.11. The molecule has 0 aliphatic heterocycles. The van der Waals surface area contributed by atoms with Crippen molar-refractivity contribution < 1.29 is 4.74 Å². The van der Waals surface area contributed by atoms with Gasteiger partial charge in [0, 0.05) is 6.20 Å². The third-order valence-electron chi connectivity index (χ3n) is 3.35. The molecule has 118 valence electrons. The van der Waals surface area contributed by atoms with Crippen molar-refractivity contribution in [2.24, 2.45) is 16.1 Å². The maximum Gasteiger partial charge on any atom is 0.182 e. The van der Waals surface area contributed by atoms with Gasteiger partial charge in [0.2, 0.25) is 0 Å². The Bertz CT molecular complexity index is 819. The lowest BCUT2D eigenvalue weighted by Crippen LogP contribution is -2.03. The highest BCUT2D eigenvalue weighted by Crippen LogP contribution is 2.24. The first-order chi connectivity index (χ1) is 11.1. The van der Waals surface area contributed by atoms with Crippen molar-refractivity contribution >= 4 is 17.2 Å². The highest BCUT2D eigenvalue weighted by Gasteiger charge is 2.06. The Morgan fingerprint density at radius 2 is 1.87 bits per heavy atom. The number of benzene rings is 1. The summed E-state index contributed by atoms with van der Waals surface area (Å²) in [7, 11) is 0. The number of azo groups is 1. The fourth-order valence-corrected chi connectivity index (χ4v) is 2.20. The number of hydrogen-bond acceptors (Lipinski definition) is 4. The summed E-state index contributed by atoms with van der Waals surface area (Å²) < 4.78 is 7.59. The molecule has 0 spiro atoms. The molecule has 1 aromatic carbocycles. The second-order valence-electron chi connectivity index (χ2n) is 5.85. The van der Waals surface area contributed by atoms with E-state index in [1.807, 2.05) is 60.0 Å². The minimum absolute atomic E-state index is 0.507. The van der Waals surface area contributed by atoms with Crippen molar-refractivity contribution in [3.8, 4) is 5.75 Å². The monoisotopic (exact) mass is 308 g/mol. The van der Waals surface area contributed by atoms with Crippen LogP contribution in [0.2, 0.25) is 0 Å². The summed E-state index contributed by atoms with van der Waals surface area (Å²) in [6.07, 6.45) is 1.94. The number of rotatable bonds is 5. The van der Waals surface area contributed by atoms with Gasteiger partial charge in [-0.25, -0.2) is 4.98 Å². The van der Waals surface area contributed by atoms with Crippen molar-refractivity contribution in [3.05, 3.63) is 54.4 Å². The van der Waals surface area contributed by atoms with Gasteiger partial charge in [-0.05, 0) is 49.2 Å². The Hall–Kier alpha value is -2.69. The second-order valence-corrected chi connectivity index (χ2v) is 5.85. The Kier molecular flexibility index (Phi) is 4.37. The molecule has 23 heavy (non-hydrogen) atoms. The van der Waals surface area contributed by atoms with Crippen LogP contribution in [0.3, 0.4) is 0 Å². The lowest BCUT2D eigenvalue weighted by Gasteiger charge is -2.08. The summed E-state index contributed by atoms with van der Waals surface area (Å²) in [6.45, 7) is 6.90. The minimum Gasteiger partial charge on any atom is -0.493 e. The van der Waals surface area contributed by atoms with Crippen molar-refractivity contribution in [3.63, 3.8) is 0 Å². The zero-order valence-electron chi connectivity index (χ0n) is 13.6. The first-order valence-corrected chi connectivity index (χ1v) is 7.72. The molecule has 5 heteroatoms. The number of aromatic nitrogens is 2. The van der Waals surface area contributed by atoms with Gasteiger partial charge in [0.05, 0.1) is 18.0 Å². The van der Waals surface area contributed by atoms with Crippen LogP contribution in [0.15, 0.2) is 58.9 Å². The van der Waals surface area contributed by atoms with E-state index in [4.69, 9.17) is 4.74 Å². The molecule has 0 radical (unpaired) electrons. The highest BCUT2D eigenvalue weighted by atomic mass is 16.5. The molecule has 0 unspecified atom stereocenters. The van der Waals surface area contributed by atoms with Crippen LogP contribution in [0.4, 0.5) is 11.5 Å².